The van der Waals surface area contributed by atoms with E-state index < -0.39 is 38.3 Å². The lowest BCUT2D eigenvalue weighted by molar-refractivity contribution is 0.0361. The lowest BCUT2D eigenvalue weighted by atomic mass is 10.1. The Morgan fingerprint density at radius 3 is 2.47 bits per heavy atom. The number of halogens is 2. The maximum absolute atomic E-state index is 14.9. The molecule has 0 aliphatic heterocycles. The average Bonchev–Trinajstić information content (AvgIpc) is 3.07. The van der Waals surface area contributed by atoms with Crippen LogP contribution in [0.1, 0.15) is 34.9 Å². The molecule has 0 amide bonds. The molecule has 0 spiro atoms. The topological polar surface area (TPSA) is 128 Å². The summed E-state index contributed by atoms with van der Waals surface area (Å²) in [5, 5.41) is 8.96. The van der Waals surface area contributed by atoms with E-state index in [9.17, 15) is 27.1 Å². The highest BCUT2D eigenvalue weighted by atomic mass is 32.2. The summed E-state index contributed by atoms with van der Waals surface area (Å²) in [6, 6.07) is 21.1. The molecule has 47 heavy (non-hydrogen) atoms. The molecule has 0 aliphatic carbocycles. The van der Waals surface area contributed by atoms with Crippen LogP contribution in [-0.4, -0.2) is 52.6 Å². The van der Waals surface area contributed by atoms with E-state index in [-0.39, 0.29) is 43.3 Å². The lowest BCUT2D eigenvalue weighted by Crippen LogP contribution is -2.24. The Bertz CT molecular complexity index is 2030. The van der Waals surface area contributed by atoms with Crippen LogP contribution in [0.3, 0.4) is 0 Å². The minimum Gasteiger partial charge on any atom is -0.376 e. The Labute approximate surface area is 270 Å². The monoisotopic (exact) mass is 661 g/mol. The van der Waals surface area contributed by atoms with Crippen LogP contribution in [-0.2, 0) is 27.7 Å². The Kier molecular flexibility index (Phi) is 10.5. The Morgan fingerprint density at radius 2 is 1.72 bits per heavy atom. The second kappa shape index (κ2) is 14.7. The van der Waals surface area contributed by atoms with E-state index in [2.05, 4.69) is 15.0 Å². The van der Waals surface area contributed by atoms with Crippen molar-refractivity contribution in [1.29, 1.82) is 0 Å². The zero-order valence-electron chi connectivity index (χ0n) is 25.8. The van der Waals surface area contributed by atoms with Crippen LogP contribution in [0.2, 0.25) is 0 Å². The number of aromatic nitrogens is 4. The van der Waals surface area contributed by atoms with Gasteiger partial charge < -0.3 is 19.3 Å². The number of anilines is 1. The van der Waals surface area contributed by atoms with Crippen LogP contribution >= 0.6 is 0 Å². The molecule has 0 bridgehead atoms. The molecule has 2 aromatic carbocycles. The van der Waals surface area contributed by atoms with Gasteiger partial charge in [-0.1, -0.05) is 48.5 Å². The van der Waals surface area contributed by atoms with Crippen molar-refractivity contribution < 1.29 is 27.0 Å². The van der Waals surface area contributed by atoms with Gasteiger partial charge in [0.1, 0.15) is 18.4 Å². The molecule has 0 saturated carbocycles. The molecule has 13 heteroatoms. The van der Waals surface area contributed by atoms with E-state index in [1.807, 2.05) is 6.07 Å². The SMILES string of the molecule is Cc1cc(-c2cc(F)c(=O)n(Cc3ccnc(N(C)CO)c3)c2)nc(S(=O)(=O)CCC(OCc2ccccc2F)c2ccccc2)n1. The van der Waals surface area contributed by atoms with E-state index >= 15 is 0 Å². The maximum atomic E-state index is 14.9. The first-order valence-corrected chi connectivity index (χ1v) is 16.3. The summed E-state index contributed by atoms with van der Waals surface area (Å²) < 4.78 is 63.5. The Morgan fingerprint density at radius 1 is 0.979 bits per heavy atom. The van der Waals surface area contributed by atoms with E-state index in [4.69, 9.17) is 4.74 Å². The van der Waals surface area contributed by atoms with Gasteiger partial charge in [-0.2, -0.15) is 0 Å². The van der Waals surface area contributed by atoms with Crippen LogP contribution in [0.25, 0.3) is 11.3 Å². The van der Waals surface area contributed by atoms with Crippen molar-refractivity contribution in [3.63, 3.8) is 0 Å². The summed E-state index contributed by atoms with van der Waals surface area (Å²) in [5.74, 6) is -1.38. The fourth-order valence-electron chi connectivity index (χ4n) is 4.90. The number of benzene rings is 2. The predicted molar refractivity (Wildman–Crippen MR) is 172 cm³/mol. The highest BCUT2D eigenvalue weighted by Gasteiger charge is 2.24. The number of sulfone groups is 1. The molecule has 5 aromatic rings. The molecule has 0 aliphatic rings. The number of rotatable bonds is 13. The summed E-state index contributed by atoms with van der Waals surface area (Å²) in [6.45, 7) is 1.25. The first-order chi connectivity index (χ1) is 22.5. The predicted octanol–water partition coefficient (Wildman–Crippen LogP) is 4.84. The van der Waals surface area contributed by atoms with Gasteiger partial charge >= 0.3 is 0 Å². The summed E-state index contributed by atoms with van der Waals surface area (Å²) in [4.78, 5) is 26.8. The molecular weight excluding hydrogens is 628 g/mol. The molecule has 10 nitrogen and oxygen atoms in total. The van der Waals surface area contributed by atoms with Gasteiger partial charge in [-0.3, -0.25) is 4.79 Å². The fraction of sp³-hybridized carbons (Fsp3) is 0.235. The minimum atomic E-state index is -4.07. The summed E-state index contributed by atoms with van der Waals surface area (Å²) in [7, 11) is -2.43. The fourth-order valence-corrected chi connectivity index (χ4v) is 6.12. The van der Waals surface area contributed by atoms with Gasteiger partial charge in [0.05, 0.1) is 30.7 Å². The van der Waals surface area contributed by atoms with Crippen LogP contribution in [0.5, 0.6) is 0 Å². The van der Waals surface area contributed by atoms with E-state index in [1.54, 1.807) is 68.6 Å². The average molecular weight is 662 g/mol. The highest BCUT2D eigenvalue weighted by Crippen LogP contribution is 2.26. The summed E-state index contributed by atoms with van der Waals surface area (Å²) in [6.07, 6.45) is 2.28. The third-order valence-electron chi connectivity index (χ3n) is 7.43. The largest absolute Gasteiger partial charge is 0.376 e. The van der Waals surface area contributed by atoms with Gasteiger partial charge in [0, 0.05) is 36.3 Å². The van der Waals surface area contributed by atoms with Gasteiger partial charge in [0.25, 0.3) is 5.56 Å². The number of hydrogen-bond donors (Lipinski definition) is 1. The third-order valence-corrected chi connectivity index (χ3v) is 8.95. The summed E-state index contributed by atoms with van der Waals surface area (Å²) in [5.41, 5.74) is 1.46. The maximum Gasteiger partial charge on any atom is 0.286 e. The van der Waals surface area contributed by atoms with E-state index in [0.29, 0.717) is 22.6 Å². The zero-order valence-corrected chi connectivity index (χ0v) is 26.6. The molecule has 5 rings (SSSR count). The molecule has 0 radical (unpaired) electrons. The molecule has 3 heterocycles. The second-order valence-corrected chi connectivity index (χ2v) is 13.0. The third kappa shape index (κ3) is 8.30. The number of nitrogens with zero attached hydrogens (tertiary/aromatic N) is 5. The van der Waals surface area contributed by atoms with Crippen molar-refractivity contribution in [2.75, 3.05) is 24.4 Å². The number of hydrogen-bond acceptors (Lipinski definition) is 9. The normalized spacial score (nSPS) is 12.2. The van der Waals surface area contributed by atoms with Crippen LogP contribution < -0.4 is 10.5 Å². The van der Waals surface area contributed by atoms with Crippen molar-refractivity contribution in [2.45, 2.75) is 37.8 Å². The highest BCUT2D eigenvalue weighted by molar-refractivity contribution is 7.91. The summed E-state index contributed by atoms with van der Waals surface area (Å²) >= 11 is 0. The Balaban J connectivity index is 1.40. The van der Waals surface area contributed by atoms with Crippen molar-refractivity contribution in [2.24, 2.45) is 0 Å². The molecule has 3 aromatic heterocycles. The number of aliphatic hydroxyl groups is 1. The van der Waals surface area contributed by atoms with Crippen LogP contribution in [0.4, 0.5) is 14.6 Å². The van der Waals surface area contributed by atoms with Crippen LogP contribution in [0.15, 0.2) is 101 Å². The molecule has 244 valence electrons. The quantitative estimate of drug-likeness (QED) is 0.139. The first kappa shape index (κ1) is 33.5. The molecule has 1 unspecified atom stereocenters. The van der Waals surface area contributed by atoms with Gasteiger partial charge in [-0.25, -0.2) is 32.2 Å². The van der Waals surface area contributed by atoms with Gasteiger partial charge in [-0.15, -0.1) is 0 Å². The van der Waals surface area contributed by atoms with Gasteiger partial charge in [0.2, 0.25) is 15.0 Å². The first-order valence-electron chi connectivity index (χ1n) is 14.7. The minimum absolute atomic E-state index is 0.0125. The molecular formula is C34H33F2N5O5S. The molecule has 0 fully saturated rings. The number of ether oxygens (including phenoxy) is 1. The van der Waals surface area contributed by atoms with Crippen molar-refractivity contribution in [3.05, 3.63) is 136 Å². The zero-order chi connectivity index (χ0) is 33.6. The molecule has 1 atom stereocenters. The van der Waals surface area contributed by atoms with Crippen molar-refractivity contribution in [1.82, 2.24) is 19.5 Å². The second-order valence-electron chi connectivity index (χ2n) is 11.0. The van der Waals surface area contributed by atoms with Crippen molar-refractivity contribution >= 4 is 15.7 Å². The smallest absolute Gasteiger partial charge is 0.286 e. The molecule has 0 saturated heterocycles. The number of aliphatic hydroxyl groups excluding tert-OH is 1. The Hall–Kier alpha value is -4.85. The lowest BCUT2D eigenvalue weighted by Gasteiger charge is -2.19. The van der Waals surface area contributed by atoms with Crippen molar-refractivity contribution in [3.8, 4) is 11.3 Å². The standard InChI is InChI=1S/C34H33F2N5O5S/c1-23-16-30(27-18-29(36)33(43)41(20-27)19-24-12-14-37-32(17-24)40(2)22-42)39-34(38-23)47(44,45)15-13-31(25-8-4-3-5-9-25)46-21-26-10-6-7-11-28(26)35/h3-12,14,16-18,20,31,42H,13,15,19,21-22H2,1-2H3. The van der Waals surface area contributed by atoms with Gasteiger partial charge in [0.15, 0.2) is 5.82 Å². The van der Waals surface area contributed by atoms with Gasteiger partial charge in [-0.05, 0) is 54.8 Å². The van der Waals surface area contributed by atoms with E-state index in [1.165, 1.54) is 29.4 Å². The van der Waals surface area contributed by atoms with Crippen LogP contribution in [0, 0.1) is 18.6 Å². The number of aryl methyl sites for hydroxylation is 1. The number of pyridine rings is 2. The molecule has 1 N–H and O–H groups in total. The van der Waals surface area contributed by atoms with E-state index in [0.717, 1.165) is 16.2 Å².